The third kappa shape index (κ3) is 4.58. The summed E-state index contributed by atoms with van der Waals surface area (Å²) in [7, 11) is -2.18. The zero-order valence-corrected chi connectivity index (χ0v) is 14.9. The van der Waals surface area contributed by atoms with Gasteiger partial charge < -0.3 is 5.32 Å². The van der Waals surface area contributed by atoms with Crippen molar-refractivity contribution < 1.29 is 13.2 Å². The van der Waals surface area contributed by atoms with E-state index in [1.807, 2.05) is 0 Å². The quantitative estimate of drug-likeness (QED) is 0.773. The zero-order valence-electron chi connectivity index (χ0n) is 12.6. The van der Waals surface area contributed by atoms with Gasteiger partial charge in [0, 0.05) is 27.4 Å². The van der Waals surface area contributed by atoms with Crippen molar-refractivity contribution in [3.8, 4) is 0 Å². The zero-order chi connectivity index (χ0) is 17.7. The van der Waals surface area contributed by atoms with E-state index in [-0.39, 0.29) is 4.90 Å². The summed E-state index contributed by atoms with van der Waals surface area (Å²) < 4.78 is 25.5. The van der Waals surface area contributed by atoms with E-state index in [2.05, 4.69) is 10.0 Å². The van der Waals surface area contributed by atoms with Gasteiger partial charge in [-0.1, -0.05) is 29.3 Å². The number of rotatable bonds is 5. The molecule has 126 valence electrons. The van der Waals surface area contributed by atoms with Crippen LogP contribution in [0.5, 0.6) is 0 Å². The van der Waals surface area contributed by atoms with Gasteiger partial charge in [-0.15, -0.1) is 0 Å². The Hall–Kier alpha value is -1.86. The summed E-state index contributed by atoms with van der Waals surface area (Å²) in [4.78, 5) is 12.0. The number of anilines is 1. The molecule has 0 aromatic heterocycles. The van der Waals surface area contributed by atoms with Gasteiger partial charge >= 0.3 is 0 Å². The monoisotopic (exact) mass is 384 g/mol. The fraction of sp³-hybridized carbons (Fsp3) is 0.0625. The van der Waals surface area contributed by atoms with Crippen molar-refractivity contribution in [2.45, 2.75) is 4.90 Å². The first-order valence-electron chi connectivity index (χ1n) is 6.80. The van der Waals surface area contributed by atoms with Crippen LogP contribution in [0.25, 0.3) is 6.08 Å². The van der Waals surface area contributed by atoms with Crippen LogP contribution in [-0.2, 0) is 14.8 Å². The molecule has 0 saturated carbocycles. The number of benzene rings is 2. The maximum atomic E-state index is 11.9. The van der Waals surface area contributed by atoms with Crippen LogP contribution in [0.4, 0.5) is 5.69 Å². The average molecular weight is 385 g/mol. The van der Waals surface area contributed by atoms with Gasteiger partial charge in [0.25, 0.3) is 0 Å². The highest BCUT2D eigenvalue weighted by atomic mass is 35.5. The number of nitrogens with one attached hydrogen (secondary N) is 2. The Bertz CT molecular complexity index is 858. The molecule has 0 atom stereocenters. The van der Waals surface area contributed by atoms with Crippen LogP contribution in [0.2, 0.25) is 10.0 Å². The third-order valence-corrected chi connectivity index (χ3v) is 5.19. The average Bonchev–Trinajstić information content (AvgIpc) is 2.55. The van der Waals surface area contributed by atoms with Crippen LogP contribution in [0, 0.1) is 0 Å². The molecule has 1 amide bonds. The summed E-state index contributed by atoms with van der Waals surface area (Å²) in [5, 5.41) is 3.50. The minimum Gasteiger partial charge on any atom is -0.323 e. The van der Waals surface area contributed by atoms with Gasteiger partial charge in [0.2, 0.25) is 15.9 Å². The molecule has 0 saturated heterocycles. The Kier molecular flexibility index (Phi) is 6.01. The number of hydrogen-bond donors (Lipinski definition) is 2. The molecule has 0 spiro atoms. The Labute approximate surface area is 150 Å². The van der Waals surface area contributed by atoms with Crippen LogP contribution in [0.3, 0.4) is 0 Å². The summed E-state index contributed by atoms with van der Waals surface area (Å²) in [5.74, 6) is -0.393. The second kappa shape index (κ2) is 7.81. The van der Waals surface area contributed by atoms with Crippen molar-refractivity contribution in [1.82, 2.24) is 4.72 Å². The largest absolute Gasteiger partial charge is 0.323 e. The van der Waals surface area contributed by atoms with Gasteiger partial charge in [-0.05, 0) is 49.5 Å². The van der Waals surface area contributed by atoms with E-state index in [1.165, 1.54) is 43.5 Å². The minimum atomic E-state index is -3.51. The second-order valence-electron chi connectivity index (χ2n) is 4.69. The predicted molar refractivity (Wildman–Crippen MR) is 96.8 cm³/mol. The highest BCUT2D eigenvalue weighted by Crippen LogP contribution is 2.25. The lowest BCUT2D eigenvalue weighted by molar-refractivity contribution is -0.111. The molecule has 0 aliphatic carbocycles. The molecule has 5 nitrogen and oxygen atoms in total. The summed E-state index contributed by atoms with van der Waals surface area (Å²) >= 11 is 12.0. The normalized spacial score (nSPS) is 11.6. The highest BCUT2D eigenvalue weighted by molar-refractivity contribution is 7.89. The van der Waals surface area contributed by atoms with E-state index in [4.69, 9.17) is 23.2 Å². The number of hydrogen-bond acceptors (Lipinski definition) is 3. The van der Waals surface area contributed by atoms with Crippen molar-refractivity contribution >= 4 is 50.9 Å². The van der Waals surface area contributed by atoms with Crippen LogP contribution in [0.1, 0.15) is 5.56 Å². The number of amides is 1. The molecular formula is C16H14Cl2N2O3S. The van der Waals surface area contributed by atoms with Crippen molar-refractivity contribution in [2.24, 2.45) is 0 Å². The highest BCUT2D eigenvalue weighted by Gasteiger charge is 2.10. The SMILES string of the molecule is CNS(=O)(=O)c1ccc(NC(=O)/C=C/c2c(Cl)cccc2Cl)cc1. The summed E-state index contributed by atoms with van der Waals surface area (Å²) in [6.07, 6.45) is 2.81. The summed E-state index contributed by atoms with van der Waals surface area (Å²) in [5.41, 5.74) is 1.01. The Morgan fingerprint density at radius 2 is 1.62 bits per heavy atom. The van der Waals surface area contributed by atoms with Crippen molar-refractivity contribution in [1.29, 1.82) is 0 Å². The standard InChI is InChI=1S/C16H14Cl2N2O3S/c1-19-24(22,23)12-7-5-11(6-8-12)20-16(21)10-9-13-14(17)3-2-4-15(13)18/h2-10,19H,1H3,(H,20,21)/b10-9+. The molecule has 2 N–H and O–H groups in total. The number of carbonyl (C=O) groups is 1. The van der Waals surface area contributed by atoms with Crippen molar-refractivity contribution in [2.75, 3.05) is 12.4 Å². The number of carbonyl (C=O) groups excluding carboxylic acids is 1. The lowest BCUT2D eigenvalue weighted by Crippen LogP contribution is -2.18. The van der Waals surface area contributed by atoms with E-state index in [1.54, 1.807) is 18.2 Å². The molecule has 24 heavy (non-hydrogen) atoms. The number of sulfonamides is 1. The van der Waals surface area contributed by atoms with E-state index >= 15 is 0 Å². The fourth-order valence-corrected chi connectivity index (χ4v) is 3.10. The molecule has 0 fully saturated rings. The van der Waals surface area contributed by atoms with E-state index in [0.717, 1.165) is 0 Å². The Balaban J connectivity index is 2.09. The van der Waals surface area contributed by atoms with Gasteiger partial charge in [-0.25, -0.2) is 13.1 Å². The molecular weight excluding hydrogens is 371 g/mol. The first kappa shape index (κ1) is 18.5. The maximum absolute atomic E-state index is 11.9. The first-order chi connectivity index (χ1) is 11.3. The second-order valence-corrected chi connectivity index (χ2v) is 7.39. The van der Waals surface area contributed by atoms with Gasteiger partial charge in [-0.2, -0.15) is 0 Å². The van der Waals surface area contributed by atoms with E-state index in [0.29, 0.717) is 21.3 Å². The predicted octanol–water partition coefficient (Wildman–Crippen LogP) is 3.55. The third-order valence-electron chi connectivity index (χ3n) is 3.10. The molecule has 2 aromatic carbocycles. The summed E-state index contributed by atoms with van der Waals surface area (Å²) in [6.45, 7) is 0. The van der Waals surface area contributed by atoms with Crippen LogP contribution < -0.4 is 10.0 Å². The molecule has 0 aliphatic heterocycles. The molecule has 0 heterocycles. The van der Waals surface area contributed by atoms with E-state index in [9.17, 15) is 13.2 Å². The molecule has 0 unspecified atom stereocenters. The van der Waals surface area contributed by atoms with Gasteiger partial charge in [0.15, 0.2) is 0 Å². The Morgan fingerprint density at radius 1 is 1.04 bits per heavy atom. The first-order valence-corrected chi connectivity index (χ1v) is 9.04. The summed E-state index contributed by atoms with van der Waals surface area (Å²) in [6, 6.07) is 10.9. The minimum absolute atomic E-state index is 0.112. The van der Waals surface area contributed by atoms with E-state index < -0.39 is 15.9 Å². The fourth-order valence-electron chi connectivity index (χ4n) is 1.85. The van der Waals surface area contributed by atoms with Gasteiger partial charge in [0.1, 0.15) is 0 Å². The van der Waals surface area contributed by atoms with Crippen LogP contribution in [0.15, 0.2) is 53.4 Å². The molecule has 2 rings (SSSR count). The maximum Gasteiger partial charge on any atom is 0.248 e. The molecule has 2 aromatic rings. The molecule has 0 radical (unpaired) electrons. The molecule has 8 heteroatoms. The van der Waals surface area contributed by atoms with Gasteiger partial charge in [-0.3, -0.25) is 4.79 Å². The smallest absolute Gasteiger partial charge is 0.248 e. The number of halogens is 2. The van der Waals surface area contributed by atoms with Crippen molar-refractivity contribution in [3.63, 3.8) is 0 Å². The molecule has 0 bridgehead atoms. The van der Waals surface area contributed by atoms with Gasteiger partial charge in [0.05, 0.1) is 4.90 Å². The van der Waals surface area contributed by atoms with Crippen molar-refractivity contribution in [3.05, 3.63) is 64.1 Å². The van der Waals surface area contributed by atoms with Crippen LogP contribution in [-0.4, -0.2) is 21.4 Å². The van der Waals surface area contributed by atoms with Crippen LogP contribution >= 0.6 is 23.2 Å². The topological polar surface area (TPSA) is 75.3 Å². The lowest BCUT2D eigenvalue weighted by Gasteiger charge is -2.05. The lowest BCUT2D eigenvalue weighted by atomic mass is 10.2. The molecule has 0 aliphatic rings. The Morgan fingerprint density at radius 3 is 2.17 bits per heavy atom.